The molecule has 2 heterocycles. The lowest BCUT2D eigenvalue weighted by Gasteiger charge is -2.12. The van der Waals surface area contributed by atoms with Crippen molar-refractivity contribution in [2.45, 2.75) is 18.9 Å². The molecule has 110 valence electrons. The summed E-state index contributed by atoms with van der Waals surface area (Å²) in [7, 11) is 1.56. The number of hydrogen-bond acceptors (Lipinski definition) is 4. The number of aromatic nitrogens is 2. The second-order valence-electron chi connectivity index (χ2n) is 5.16. The predicted molar refractivity (Wildman–Crippen MR) is 78.3 cm³/mol. The Balaban J connectivity index is 1.87. The number of rotatable bonds is 3. The van der Waals surface area contributed by atoms with Gasteiger partial charge in [0, 0.05) is 20.2 Å². The molecule has 0 bridgehead atoms. The Morgan fingerprint density at radius 3 is 3.05 bits per heavy atom. The summed E-state index contributed by atoms with van der Waals surface area (Å²) in [6.07, 6.45) is 2.03. The van der Waals surface area contributed by atoms with Gasteiger partial charge in [-0.05, 0) is 25.0 Å². The van der Waals surface area contributed by atoms with E-state index in [0.29, 0.717) is 17.4 Å². The van der Waals surface area contributed by atoms with Crippen molar-refractivity contribution in [3.63, 3.8) is 0 Å². The second kappa shape index (κ2) is 5.65. The number of fused-ring (bicyclic) bond motifs is 1. The van der Waals surface area contributed by atoms with E-state index in [-0.39, 0.29) is 23.4 Å². The van der Waals surface area contributed by atoms with Crippen LogP contribution in [0.15, 0.2) is 29.1 Å². The number of para-hydroxylation sites is 1. The molecule has 1 aromatic carbocycles. The molecule has 0 radical (unpaired) electrons. The topological polar surface area (TPSA) is 73.2 Å². The summed E-state index contributed by atoms with van der Waals surface area (Å²) < 4.78 is 6.74. The van der Waals surface area contributed by atoms with Crippen LogP contribution >= 0.6 is 0 Å². The van der Waals surface area contributed by atoms with Gasteiger partial charge in [-0.1, -0.05) is 12.1 Å². The maximum Gasteiger partial charge on any atom is 0.287 e. The molecule has 1 aliphatic heterocycles. The minimum Gasteiger partial charge on any atom is -0.376 e. The second-order valence-corrected chi connectivity index (χ2v) is 5.16. The van der Waals surface area contributed by atoms with Crippen molar-refractivity contribution in [3.05, 3.63) is 40.4 Å². The lowest BCUT2D eigenvalue weighted by Crippen LogP contribution is -2.36. The van der Waals surface area contributed by atoms with Crippen LogP contribution in [0.25, 0.3) is 10.9 Å². The van der Waals surface area contributed by atoms with Crippen molar-refractivity contribution >= 4 is 16.8 Å². The van der Waals surface area contributed by atoms with Crippen LogP contribution in [0.1, 0.15) is 23.5 Å². The average Bonchev–Trinajstić information content (AvgIpc) is 3.02. The Kier molecular flexibility index (Phi) is 3.70. The van der Waals surface area contributed by atoms with Gasteiger partial charge in [-0.2, -0.15) is 0 Å². The minimum absolute atomic E-state index is 0.0615. The molecule has 1 N–H and O–H groups in total. The third-order valence-corrected chi connectivity index (χ3v) is 3.70. The summed E-state index contributed by atoms with van der Waals surface area (Å²) in [6.45, 7) is 1.19. The molecule has 1 saturated heterocycles. The molecular weight excluding hydrogens is 270 g/mol. The van der Waals surface area contributed by atoms with Gasteiger partial charge in [0.2, 0.25) is 5.82 Å². The van der Waals surface area contributed by atoms with Gasteiger partial charge in [0.25, 0.3) is 11.5 Å². The van der Waals surface area contributed by atoms with E-state index in [1.165, 1.54) is 4.57 Å². The predicted octanol–water partition coefficient (Wildman–Crippen LogP) is 0.842. The van der Waals surface area contributed by atoms with Crippen LogP contribution in [-0.2, 0) is 11.8 Å². The molecule has 1 aliphatic rings. The van der Waals surface area contributed by atoms with E-state index in [1.807, 2.05) is 0 Å². The molecule has 6 nitrogen and oxygen atoms in total. The zero-order chi connectivity index (χ0) is 14.8. The van der Waals surface area contributed by atoms with Gasteiger partial charge < -0.3 is 10.1 Å². The first-order valence-electron chi connectivity index (χ1n) is 7.02. The molecular formula is C15H17N3O3. The minimum atomic E-state index is -0.351. The Hall–Kier alpha value is -2.21. The Morgan fingerprint density at radius 1 is 1.48 bits per heavy atom. The smallest absolute Gasteiger partial charge is 0.287 e. The molecule has 21 heavy (non-hydrogen) atoms. The van der Waals surface area contributed by atoms with Gasteiger partial charge in [-0.15, -0.1) is 0 Å². The first-order valence-corrected chi connectivity index (χ1v) is 7.02. The number of benzene rings is 1. The van der Waals surface area contributed by atoms with Crippen LogP contribution in [0.2, 0.25) is 0 Å². The number of carbonyl (C=O) groups excluding carboxylic acids is 1. The first-order chi connectivity index (χ1) is 10.2. The van der Waals surface area contributed by atoms with Crippen LogP contribution in [0, 0.1) is 0 Å². The Bertz CT molecular complexity index is 733. The van der Waals surface area contributed by atoms with Crippen LogP contribution in [0.4, 0.5) is 0 Å². The van der Waals surface area contributed by atoms with E-state index in [9.17, 15) is 9.59 Å². The number of ether oxygens (including phenoxy) is 1. The summed E-state index contributed by atoms with van der Waals surface area (Å²) in [5.74, 6) is -0.229. The van der Waals surface area contributed by atoms with E-state index >= 15 is 0 Å². The molecule has 1 amide bonds. The lowest BCUT2D eigenvalue weighted by atomic mass is 10.2. The fourth-order valence-corrected chi connectivity index (χ4v) is 2.51. The molecule has 0 unspecified atom stereocenters. The van der Waals surface area contributed by atoms with Crippen molar-refractivity contribution in [3.8, 4) is 0 Å². The molecule has 1 aromatic heterocycles. The Morgan fingerprint density at radius 2 is 2.29 bits per heavy atom. The lowest BCUT2D eigenvalue weighted by molar-refractivity contribution is 0.0845. The summed E-state index contributed by atoms with van der Waals surface area (Å²) in [5.41, 5.74) is 0.311. The van der Waals surface area contributed by atoms with E-state index in [0.717, 1.165) is 19.4 Å². The molecule has 0 spiro atoms. The monoisotopic (exact) mass is 287 g/mol. The highest BCUT2D eigenvalue weighted by Gasteiger charge is 2.19. The number of amides is 1. The number of hydrogen-bond donors (Lipinski definition) is 1. The van der Waals surface area contributed by atoms with Gasteiger partial charge >= 0.3 is 0 Å². The quantitative estimate of drug-likeness (QED) is 0.908. The highest BCUT2D eigenvalue weighted by molar-refractivity contribution is 5.92. The van der Waals surface area contributed by atoms with Gasteiger partial charge in [0.05, 0.1) is 17.0 Å². The van der Waals surface area contributed by atoms with Crippen molar-refractivity contribution in [1.82, 2.24) is 14.9 Å². The SMILES string of the molecule is Cn1c(C(=O)NC[C@H]2CCCO2)nc2ccccc2c1=O. The van der Waals surface area contributed by atoms with E-state index in [1.54, 1.807) is 31.3 Å². The normalized spacial score (nSPS) is 18.0. The third kappa shape index (κ3) is 2.67. The standard InChI is InChI=1S/C15H17N3O3/c1-18-13(14(19)16-9-10-5-4-8-21-10)17-12-7-3-2-6-11(12)15(18)20/h2-3,6-7,10H,4-5,8-9H2,1H3,(H,16,19)/t10-/m1/s1. The molecule has 3 rings (SSSR count). The fourth-order valence-electron chi connectivity index (χ4n) is 2.51. The highest BCUT2D eigenvalue weighted by atomic mass is 16.5. The van der Waals surface area contributed by atoms with Crippen LogP contribution < -0.4 is 10.9 Å². The molecule has 6 heteroatoms. The largest absolute Gasteiger partial charge is 0.376 e. The first kappa shape index (κ1) is 13.8. The van der Waals surface area contributed by atoms with Gasteiger partial charge in [0.15, 0.2) is 0 Å². The van der Waals surface area contributed by atoms with Crippen LogP contribution in [0.5, 0.6) is 0 Å². The molecule has 2 aromatic rings. The number of nitrogens with one attached hydrogen (secondary N) is 1. The van der Waals surface area contributed by atoms with Crippen molar-refractivity contribution < 1.29 is 9.53 Å². The van der Waals surface area contributed by atoms with Crippen molar-refractivity contribution in [1.29, 1.82) is 0 Å². The summed E-state index contributed by atoms with van der Waals surface area (Å²) in [5, 5.41) is 3.30. The van der Waals surface area contributed by atoms with E-state index < -0.39 is 0 Å². The molecule has 1 atom stereocenters. The van der Waals surface area contributed by atoms with E-state index in [4.69, 9.17) is 4.74 Å². The summed E-state index contributed by atoms with van der Waals surface area (Å²) in [6, 6.07) is 7.01. The highest BCUT2D eigenvalue weighted by Crippen LogP contribution is 2.11. The number of nitrogens with zero attached hydrogens (tertiary/aromatic N) is 2. The van der Waals surface area contributed by atoms with Gasteiger partial charge in [0.1, 0.15) is 0 Å². The molecule has 0 saturated carbocycles. The van der Waals surface area contributed by atoms with Crippen molar-refractivity contribution in [2.24, 2.45) is 7.05 Å². The third-order valence-electron chi connectivity index (χ3n) is 3.70. The summed E-state index contributed by atoms with van der Waals surface area (Å²) >= 11 is 0. The average molecular weight is 287 g/mol. The van der Waals surface area contributed by atoms with E-state index in [2.05, 4.69) is 10.3 Å². The zero-order valence-corrected chi connectivity index (χ0v) is 11.8. The zero-order valence-electron chi connectivity index (χ0n) is 11.8. The number of carbonyl (C=O) groups is 1. The molecule has 1 fully saturated rings. The van der Waals surface area contributed by atoms with Crippen LogP contribution in [0.3, 0.4) is 0 Å². The maximum atomic E-state index is 12.2. The summed E-state index contributed by atoms with van der Waals surface area (Å²) in [4.78, 5) is 28.8. The maximum absolute atomic E-state index is 12.2. The van der Waals surface area contributed by atoms with Crippen LogP contribution in [-0.4, -0.2) is 34.7 Å². The molecule has 0 aliphatic carbocycles. The van der Waals surface area contributed by atoms with Gasteiger partial charge in [-0.25, -0.2) is 4.98 Å². The fraction of sp³-hybridized carbons (Fsp3) is 0.400. The van der Waals surface area contributed by atoms with Crippen molar-refractivity contribution in [2.75, 3.05) is 13.2 Å². The van der Waals surface area contributed by atoms with Gasteiger partial charge in [-0.3, -0.25) is 14.2 Å². The Labute approximate surface area is 121 Å².